The summed E-state index contributed by atoms with van der Waals surface area (Å²) in [6.07, 6.45) is 1.20. The van der Waals surface area contributed by atoms with Crippen LogP contribution in [0, 0.1) is 0 Å². The van der Waals surface area contributed by atoms with Gasteiger partial charge in [-0.05, 0) is 60.6 Å². The molecule has 1 aliphatic rings. The largest absolute Gasteiger partial charge is 0.504 e. The average molecular weight is 489 g/mol. The van der Waals surface area contributed by atoms with Crippen molar-refractivity contribution in [1.82, 2.24) is 0 Å². The lowest BCUT2D eigenvalue weighted by molar-refractivity contribution is -0.159. The van der Waals surface area contributed by atoms with E-state index in [1.807, 2.05) is 0 Å². The Morgan fingerprint density at radius 1 is 1.06 bits per heavy atom. The molecule has 9 nitrogen and oxygen atoms in total. The molecule has 3 atom stereocenters. The van der Waals surface area contributed by atoms with E-state index < -0.39 is 18.2 Å². The minimum absolute atomic E-state index is 0.0311. The lowest BCUT2D eigenvalue weighted by Crippen LogP contribution is -2.33. The normalized spacial score (nSPS) is 18.3. The highest BCUT2D eigenvalue weighted by Gasteiger charge is 2.32. The van der Waals surface area contributed by atoms with Gasteiger partial charge in [0.05, 0.1) is 27.8 Å². The number of carbonyl (C=O) groups is 2. The highest BCUT2D eigenvalue weighted by Crippen LogP contribution is 2.39. The first-order chi connectivity index (χ1) is 16.7. The Morgan fingerprint density at radius 3 is 2.31 bits per heavy atom. The van der Waals surface area contributed by atoms with E-state index in [9.17, 15) is 19.8 Å². The smallest absolute Gasteiger partial charge is 0.306 e. The Kier molecular flexibility index (Phi) is 8.68. The van der Waals surface area contributed by atoms with Crippen molar-refractivity contribution in [2.45, 2.75) is 57.2 Å². The number of methoxy groups -OCH3 is 3. The third kappa shape index (κ3) is 6.71. The zero-order valence-corrected chi connectivity index (χ0v) is 20.4. The van der Waals surface area contributed by atoms with Crippen LogP contribution in [-0.2, 0) is 25.5 Å². The number of aromatic hydroxyl groups is 2. The van der Waals surface area contributed by atoms with Gasteiger partial charge in [0.15, 0.2) is 23.0 Å². The quantitative estimate of drug-likeness (QED) is 0.480. The molecule has 0 unspecified atom stereocenters. The van der Waals surface area contributed by atoms with Crippen LogP contribution < -0.4 is 14.2 Å². The topological polar surface area (TPSA) is 121 Å². The number of cyclic esters (lactones) is 1. The van der Waals surface area contributed by atoms with E-state index in [-0.39, 0.29) is 41.3 Å². The Hall–Kier alpha value is -3.62. The minimum atomic E-state index is -0.482. The molecule has 2 N–H and O–H groups in total. The Balaban J connectivity index is 1.72. The van der Waals surface area contributed by atoms with Gasteiger partial charge in [0, 0.05) is 13.3 Å². The first-order valence-corrected chi connectivity index (χ1v) is 11.4. The molecule has 0 spiro atoms. The van der Waals surface area contributed by atoms with Crippen molar-refractivity contribution in [2.75, 3.05) is 21.3 Å². The van der Waals surface area contributed by atoms with Crippen LogP contribution in [0.5, 0.6) is 28.7 Å². The highest BCUT2D eigenvalue weighted by atomic mass is 16.6. The van der Waals surface area contributed by atoms with Crippen molar-refractivity contribution in [2.24, 2.45) is 0 Å². The predicted molar refractivity (Wildman–Crippen MR) is 126 cm³/mol. The van der Waals surface area contributed by atoms with E-state index >= 15 is 0 Å². The monoisotopic (exact) mass is 488 g/mol. The van der Waals surface area contributed by atoms with Crippen molar-refractivity contribution < 1.29 is 43.5 Å². The van der Waals surface area contributed by atoms with Crippen LogP contribution in [-0.4, -0.2) is 55.7 Å². The molecule has 3 rings (SSSR count). The van der Waals surface area contributed by atoms with Crippen molar-refractivity contribution in [1.29, 1.82) is 0 Å². The van der Waals surface area contributed by atoms with Gasteiger partial charge in [-0.25, -0.2) is 0 Å². The fraction of sp³-hybridized carbons (Fsp3) is 0.462. The first kappa shape index (κ1) is 26.0. The van der Waals surface area contributed by atoms with E-state index in [4.69, 9.17) is 23.7 Å². The zero-order valence-electron chi connectivity index (χ0n) is 20.4. The van der Waals surface area contributed by atoms with Crippen LogP contribution in [0.4, 0.5) is 0 Å². The van der Waals surface area contributed by atoms with Crippen LogP contribution in [0.1, 0.15) is 49.7 Å². The van der Waals surface area contributed by atoms with Gasteiger partial charge in [0.25, 0.3) is 0 Å². The van der Waals surface area contributed by atoms with Crippen molar-refractivity contribution >= 4 is 11.9 Å². The second kappa shape index (κ2) is 11.7. The van der Waals surface area contributed by atoms with Crippen LogP contribution in [0.3, 0.4) is 0 Å². The molecule has 1 aliphatic heterocycles. The lowest BCUT2D eigenvalue weighted by Gasteiger charge is -2.31. The van der Waals surface area contributed by atoms with Crippen LogP contribution >= 0.6 is 0 Å². The molecular weight excluding hydrogens is 456 g/mol. The molecular formula is C26H32O9. The van der Waals surface area contributed by atoms with Crippen molar-refractivity contribution in [3.8, 4) is 28.7 Å². The van der Waals surface area contributed by atoms with E-state index in [1.165, 1.54) is 28.3 Å². The summed E-state index contributed by atoms with van der Waals surface area (Å²) in [5, 5.41) is 20.0. The summed E-state index contributed by atoms with van der Waals surface area (Å²) in [5.74, 6) is 0.0130. The van der Waals surface area contributed by atoms with E-state index in [2.05, 4.69) is 0 Å². The predicted octanol–water partition coefficient (Wildman–Crippen LogP) is 3.87. The van der Waals surface area contributed by atoms with Gasteiger partial charge >= 0.3 is 11.9 Å². The number of hydrogen-bond donors (Lipinski definition) is 2. The maximum Gasteiger partial charge on any atom is 0.306 e. The highest BCUT2D eigenvalue weighted by molar-refractivity contribution is 5.72. The first-order valence-electron chi connectivity index (χ1n) is 11.4. The molecule has 0 radical (unpaired) electrons. The molecule has 0 bridgehead atoms. The average Bonchev–Trinajstić information content (AvgIpc) is 2.82. The van der Waals surface area contributed by atoms with Gasteiger partial charge in [-0.2, -0.15) is 0 Å². The van der Waals surface area contributed by atoms with Crippen LogP contribution in [0.2, 0.25) is 0 Å². The number of aryl methyl sites for hydroxylation is 1. The number of hydrogen-bond acceptors (Lipinski definition) is 9. The maximum atomic E-state index is 12.4. The number of carbonyl (C=O) groups excluding carboxylic acids is 2. The van der Waals surface area contributed by atoms with E-state index in [0.717, 1.165) is 11.1 Å². The summed E-state index contributed by atoms with van der Waals surface area (Å²) >= 11 is 0. The maximum absolute atomic E-state index is 12.4. The van der Waals surface area contributed by atoms with Gasteiger partial charge < -0.3 is 33.9 Å². The molecule has 0 aliphatic carbocycles. The standard InChI is InChI=1S/C26H32O9/c1-15(27)34-19(7-5-16-9-23(32-3)26(30)24(10-16)33-4)14-20-11-18(13-25(29)35-20)17-6-8-21(28)22(12-17)31-2/h6,8-10,12,18-20,28,30H,5,7,11,13-14H2,1-4H3/t18-,19-,20+/m0/s1. The van der Waals surface area contributed by atoms with Crippen molar-refractivity contribution in [3.63, 3.8) is 0 Å². The fourth-order valence-corrected chi connectivity index (χ4v) is 4.40. The molecule has 2 aromatic carbocycles. The van der Waals surface area contributed by atoms with Gasteiger partial charge in [0.2, 0.25) is 5.75 Å². The zero-order chi connectivity index (χ0) is 25.5. The summed E-state index contributed by atoms with van der Waals surface area (Å²) in [7, 11) is 4.38. The van der Waals surface area contributed by atoms with Crippen LogP contribution in [0.15, 0.2) is 30.3 Å². The molecule has 35 heavy (non-hydrogen) atoms. The number of rotatable bonds is 10. The summed E-state index contributed by atoms with van der Waals surface area (Å²) in [5.41, 5.74) is 1.71. The SMILES string of the molecule is COc1cc([C@@H]2CC(=O)O[C@@H](C[C@H](CCc3cc(OC)c(O)c(OC)c3)OC(C)=O)C2)ccc1O. The summed E-state index contributed by atoms with van der Waals surface area (Å²) < 4.78 is 26.8. The summed E-state index contributed by atoms with van der Waals surface area (Å²) in [6.45, 7) is 1.35. The molecule has 1 saturated heterocycles. The number of benzene rings is 2. The van der Waals surface area contributed by atoms with Gasteiger partial charge in [0.1, 0.15) is 12.2 Å². The molecule has 1 heterocycles. The number of phenolic OH excluding ortho intramolecular Hbond substituents is 2. The molecule has 1 fully saturated rings. The Labute approximate surface area is 204 Å². The third-order valence-corrected chi connectivity index (χ3v) is 6.09. The molecule has 0 amide bonds. The molecule has 0 saturated carbocycles. The minimum Gasteiger partial charge on any atom is -0.504 e. The molecule has 2 aromatic rings. The molecule has 9 heteroatoms. The number of ether oxygens (including phenoxy) is 5. The molecule has 0 aromatic heterocycles. The van der Waals surface area contributed by atoms with Gasteiger partial charge in [-0.3, -0.25) is 9.59 Å². The Bertz CT molecular complexity index is 1020. The lowest BCUT2D eigenvalue weighted by atomic mass is 9.86. The Morgan fingerprint density at radius 2 is 1.71 bits per heavy atom. The summed E-state index contributed by atoms with van der Waals surface area (Å²) in [6, 6.07) is 8.46. The van der Waals surface area contributed by atoms with Gasteiger partial charge in [-0.15, -0.1) is 0 Å². The van der Waals surface area contributed by atoms with E-state index in [1.54, 1.807) is 30.3 Å². The van der Waals surface area contributed by atoms with Crippen molar-refractivity contribution in [3.05, 3.63) is 41.5 Å². The van der Waals surface area contributed by atoms with Gasteiger partial charge in [-0.1, -0.05) is 6.07 Å². The van der Waals surface area contributed by atoms with E-state index in [0.29, 0.717) is 31.4 Å². The second-order valence-corrected chi connectivity index (χ2v) is 8.53. The summed E-state index contributed by atoms with van der Waals surface area (Å²) in [4.78, 5) is 24.1. The molecule has 190 valence electrons. The fourth-order valence-electron chi connectivity index (χ4n) is 4.40. The number of esters is 2. The van der Waals surface area contributed by atoms with Crippen LogP contribution in [0.25, 0.3) is 0 Å². The third-order valence-electron chi connectivity index (χ3n) is 6.09. The number of phenols is 2. The second-order valence-electron chi connectivity index (χ2n) is 8.53.